The molecule has 1 aromatic rings. The van der Waals surface area contributed by atoms with E-state index in [2.05, 4.69) is 5.32 Å². The highest BCUT2D eigenvalue weighted by molar-refractivity contribution is 5.95. The van der Waals surface area contributed by atoms with Gasteiger partial charge in [-0.1, -0.05) is 12.1 Å². The molecule has 0 fully saturated rings. The molecule has 0 aliphatic rings. The lowest BCUT2D eigenvalue weighted by molar-refractivity contribution is -0.119. The van der Waals surface area contributed by atoms with Gasteiger partial charge in [0.25, 0.3) is 0 Å². The molecule has 0 heterocycles. The van der Waals surface area contributed by atoms with Gasteiger partial charge in [-0.2, -0.15) is 0 Å². The first-order valence-electron chi connectivity index (χ1n) is 6.74. The smallest absolute Gasteiger partial charge is 0.216 e. The van der Waals surface area contributed by atoms with Gasteiger partial charge in [-0.25, -0.2) is 0 Å². The quantitative estimate of drug-likeness (QED) is 0.377. The number of ketones is 1. The Labute approximate surface area is 124 Å². The first kappa shape index (κ1) is 16.7. The number of hydrogen-bond donors (Lipinski definition) is 3. The van der Waals surface area contributed by atoms with Crippen molar-refractivity contribution in [3.05, 3.63) is 29.3 Å². The molecule has 0 aliphatic carbocycles. The van der Waals surface area contributed by atoms with E-state index in [9.17, 15) is 9.59 Å². The lowest BCUT2D eigenvalue weighted by Gasteiger charge is -2.13. The Kier molecular flexibility index (Phi) is 6.39. The molecule has 1 amide bonds. The lowest BCUT2D eigenvalue weighted by Crippen LogP contribution is -2.25. The van der Waals surface area contributed by atoms with Gasteiger partial charge >= 0.3 is 0 Å². The number of Topliss-reactive ketones (excluding diaryl/α,β-unsaturated/α-hetero) is 1. The maximum absolute atomic E-state index is 11.1. The Morgan fingerprint density at radius 1 is 1.33 bits per heavy atom. The van der Waals surface area contributed by atoms with E-state index in [0.717, 1.165) is 5.56 Å². The number of benzene rings is 1. The fourth-order valence-electron chi connectivity index (χ4n) is 1.76. The lowest BCUT2D eigenvalue weighted by atomic mass is 10.0. The Morgan fingerprint density at radius 3 is 2.62 bits per heavy atom. The third-order valence-corrected chi connectivity index (χ3v) is 2.86. The standard InChI is InChI=1S/C15H21N3O3/c1-10(19)3-4-12-5-6-13(15(16)17)9-14(12)21-8-7-18-11(2)20/h5-6,9H,3-4,7-8H2,1-2H3,(H3,16,17)(H,18,20). The number of aryl methyl sites for hydroxylation is 1. The predicted octanol–water partition coefficient (Wildman–Crippen LogP) is 1.01. The number of carbonyl (C=O) groups is 2. The molecular weight excluding hydrogens is 270 g/mol. The van der Waals surface area contributed by atoms with Crippen molar-refractivity contribution in [3.63, 3.8) is 0 Å². The van der Waals surface area contributed by atoms with Crippen LogP contribution in [-0.4, -0.2) is 30.7 Å². The zero-order valence-corrected chi connectivity index (χ0v) is 12.4. The van der Waals surface area contributed by atoms with Gasteiger partial charge in [0, 0.05) is 18.9 Å². The van der Waals surface area contributed by atoms with E-state index < -0.39 is 0 Å². The van der Waals surface area contributed by atoms with Crippen molar-refractivity contribution in [2.24, 2.45) is 5.73 Å². The molecule has 0 aliphatic heterocycles. The van der Waals surface area contributed by atoms with Gasteiger partial charge in [0.15, 0.2) is 0 Å². The van der Waals surface area contributed by atoms with Crippen LogP contribution in [0.4, 0.5) is 0 Å². The van der Waals surface area contributed by atoms with Gasteiger partial charge in [-0.3, -0.25) is 10.2 Å². The summed E-state index contributed by atoms with van der Waals surface area (Å²) in [6.07, 6.45) is 1.00. The number of ether oxygens (including phenoxy) is 1. The topological polar surface area (TPSA) is 105 Å². The number of amidine groups is 1. The molecule has 0 unspecified atom stereocenters. The molecule has 1 aromatic carbocycles. The van der Waals surface area contributed by atoms with Gasteiger partial charge in [-0.05, 0) is 25.0 Å². The van der Waals surface area contributed by atoms with Gasteiger partial charge in [0.2, 0.25) is 5.91 Å². The first-order chi connectivity index (χ1) is 9.90. The Morgan fingerprint density at radius 2 is 2.05 bits per heavy atom. The summed E-state index contributed by atoms with van der Waals surface area (Å²) in [7, 11) is 0. The molecule has 0 saturated heterocycles. The Balaban J connectivity index is 2.78. The summed E-state index contributed by atoms with van der Waals surface area (Å²) in [5.41, 5.74) is 6.92. The highest BCUT2D eigenvalue weighted by Crippen LogP contribution is 2.22. The van der Waals surface area contributed by atoms with Crippen LogP contribution in [0.15, 0.2) is 18.2 Å². The molecule has 0 radical (unpaired) electrons. The van der Waals surface area contributed by atoms with Crippen LogP contribution in [0.5, 0.6) is 5.75 Å². The zero-order valence-electron chi connectivity index (χ0n) is 12.4. The van der Waals surface area contributed by atoms with E-state index in [1.54, 1.807) is 19.1 Å². The number of nitrogen functional groups attached to an aromatic ring is 1. The molecule has 6 nitrogen and oxygen atoms in total. The van der Waals surface area contributed by atoms with Crippen LogP contribution in [0.2, 0.25) is 0 Å². The van der Waals surface area contributed by atoms with Crippen LogP contribution in [-0.2, 0) is 16.0 Å². The summed E-state index contributed by atoms with van der Waals surface area (Å²) in [6, 6.07) is 5.23. The molecule has 114 valence electrons. The highest BCUT2D eigenvalue weighted by atomic mass is 16.5. The fourth-order valence-corrected chi connectivity index (χ4v) is 1.76. The average molecular weight is 291 g/mol. The average Bonchev–Trinajstić information content (AvgIpc) is 2.41. The van der Waals surface area contributed by atoms with Crippen LogP contribution < -0.4 is 15.8 Å². The van der Waals surface area contributed by atoms with Crippen molar-refractivity contribution in [2.45, 2.75) is 26.7 Å². The molecule has 0 atom stereocenters. The van der Waals surface area contributed by atoms with Crippen molar-refractivity contribution < 1.29 is 14.3 Å². The minimum Gasteiger partial charge on any atom is -0.491 e. The molecule has 4 N–H and O–H groups in total. The van der Waals surface area contributed by atoms with Crippen molar-refractivity contribution in [1.29, 1.82) is 5.41 Å². The van der Waals surface area contributed by atoms with Crippen molar-refractivity contribution in [1.82, 2.24) is 5.32 Å². The monoisotopic (exact) mass is 291 g/mol. The molecular formula is C15H21N3O3. The first-order valence-corrected chi connectivity index (χ1v) is 6.74. The van der Waals surface area contributed by atoms with Crippen LogP contribution >= 0.6 is 0 Å². The second-order valence-electron chi connectivity index (χ2n) is 4.77. The summed E-state index contributed by atoms with van der Waals surface area (Å²) in [6.45, 7) is 3.69. The molecule has 0 spiro atoms. The van der Waals surface area contributed by atoms with E-state index in [1.807, 2.05) is 6.07 Å². The SMILES string of the molecule is CC(=O)CCc1ccc(C(=N)N)cc1OCCNC(C)=O. The van der Waals surface area contributed by atoms with E-state index in [0.29, 0.717) is 37.3 Å². The molecule has 21 heavy (non-hydrogen) atoms. The Hall–Kier alpha value is -2.37. The largest absolute Gasteiger partial charge is 0.491 e. The number of nitrogens with two attached hydrogens (primary N) is 1. The van der Waals surface area contributed by atoms with Gasteiger partial charge < -0.3 is 20.6 Å². The second-order valence-corrected chi connectivity index (χ2v) is 4.77. The van der Waals surface area contributed by atoms with Gasteiger partial charge in [0.1, 0.15) is 24.0 Å². The highest BCUT2D eigenvalue weighted by Gasteiger charge is 2.08. The predicted molar refractivity (Wildman–Crippen MR) is 80.6 cm³/mol. The van der Waals surface area contributed by atoms with Gasteiger partial charge in [-0.15, -0.1) is 0 Å². The maximum Gasteiger partial charge on any atom is 0.216 e. The molecule has 0 bridgehead atoms. The zero-order chi connectivity index (χ0) is 15.8. The second kappa shape index (κ2) is 8.04. The minimum atomic E-state index is -0.118. The van der Waals surface area contributed by atoms with E-state index in [-0.39, 0.29) is 17.5 Å². The maximum atomic E-state index is 11.1. The molecule has 1 rings (SSSR count). The molecule has 6 heteroatoms. The summed E-state index contributed by atoms with van der Waals surface area (Å²) in [5, 5.41) is 10.1. The van der Waals surface area contributed by atoms with Crippen LogP contribution in [0.25, 0.3) is 0 Å². The number of amides is 1. The molecule has 0 saturated carbocycles. The molecule has 0 aromatic heterocycles. The Bertz CT molecular complexity index is 541. The van der Waals surface area contributed by atoms with Crippen LogP contribution in [0.3, 0.4) is 0 Å². The summed E-state index contributed by atoms with van der Waals surface area (Å²) >= 11 is 0. The van der Waals surface area contributed by atoms with Gasteiger partial charge in [0.05, 0.1) is 6.54 Å². The van der Waals surface area contributed by atoms with Crippen LogP contribution in [0.1, 0.15) is 31.4 Å². The summed E-state index contributed by atoms with van der Waals surface area (Å²) < 4.78 is 5.63. The summed E-state index contributed by atoms with van der Waals surface area (Å²) in [5.74, 6) is 0.539. The minimum absolute atomic E-state index is 0.0418. The summed E-state index contributed by atoms with van der Waals surface area (Å²) in [4.78, 5) is 21.9. The fraction of sp³-hybridized carbons (Fsp3) is 0.400. The van der Waals surface area contributed by atoms with E-state index in [4.69, 9.17) is 15.9 Å². The number of rotatable bonds is 8. The normalized spacial score (nSPS) is 10.0. The van der Waals surface area contributed by atoms with Crippen LogP contribution in [0, 0.1) is 5.41 Å². The third kappa shape index (κ3) is 6.07. The van der Waals surface area contributed by atoms with Crippen molar-refractivity contribution in [2.75, 3.05) is 13.2 Å². The van der Waals surface area contributed by atoms with E-state index >= 15 is 0 Å². The number of nitrogens with one attached hydrogen (secondary N) is 2. The number of hydrogen-bond acceptors (Lipinski definition) is 4. The number of carbonyl (C=O) groups excluding carboxylic acids is 2. The third-order valence-electron chi connectivity index (χ3n) is 2.86. The van der Waals surface area contributed by atoms with E-state index in [1.165, 1.54) is 6.92 Å². The van der Waals surface area contributed by atoms with Crippen molar-refractivity contribution >= 4 is 17.5 Å². The van der Waals surface area contributed by atoms with Crippen molar-refractivity contribution in [3.8, 4) is 5.75 Å².